The Morgan fingerprint density at radius 1 is 0.476 bits per heavy atom. The SMILES string of the molecule is CC/C=C\C/C=C\C/C=C\C/C=C\C/C=C\C/C=C\CCC(=O)OC(CCCCCCC/C=C\C/C=C\CCCCC)CC(=O)NC(CO)C(O)CCCCCCCCCCCC. The van der Waals surface area contributed by atoms with Crippen molar-refractivity contribution in [3.8, 4) is 0 Å². The van der Waals surface area contributed by atoms with Crippen molar-refractivity contribution in [2.24, 2.45) is 0 Å². The Labute approximate surface area is 388 Å². The van der Waals surface area contributed by atoms with Crippen LogP contribution in [-0.4, -0.2) is 46.9 Å². The van der Waals surface area contributed by atoms with Gasteiger partial charge in [-0.3, -0.25) is 9.59 Å². The summed E-state index contributed by atoms with van der Waals surface area (Å²) >= 11 is 0. The molecular formula is C57H97NO5. The van der Waals surface area contributed by atoms with Crippen LogP contribution in [-0.2, 0) is 14.3 Å². The number of rotatable bonds is 45. The first-order chi connectivity index (χ1) is 31.0. The van der Waals surface area contributed by atoms with Crippen LogP contribution in [0.15, 0.2) is 97.2 Å². The molecule has 6 nitrogen and oxygen atoms in total. The molecule has 0 aliphatic rings. The molecule has 0 fully saturated rings. The smallest absolute Gasteiger partial charge is 0.306 e. The second kappa shape index (κ2) is 49.8. The maximum atomic E-state index is 13.2. The standard InChI is InChI=1S/C57H97NO5/c1-4-7-10-13-16-19-22-24-26-27-28-29-31-33-35-38-41-44-47-50-57(62)63-53(48-45-42-39-36-34-32-30-25-23-20-17-14-11-8-5-2)51-56(61)58-54(52-59)55(60)49-46-43-40-37-21-18-15-12-9-6-3/h7,10,16-17,19-20,24-26,28-30,33,35,41,44,53-55,59-60H,4-6,8-9,11-15,18,21-23,27,31-32,34,36-40,42-43,45-52H2,1-3H3,(H,58,61)/b10-7-,19-16-,20-17-,26-24-,29-28-,30-25-,35-33-,44-41-. The highest BCUT2D eigenvalue weighted by molar-refractivity contribution is 5.77. The van der Waals surface area contributed by atoms with Gasteiger partial charge in [0.2, 0.25) is 5.91 Å². The van der Waals surface area contributed by atoms with Gasteiger partial charge in [0.05, 0.1) is 25.2 Å². The average Bonchev–Trinajstić information content (AvgIpc) is 3.28. The summed E-state index contributed by atoms with van der Waals surface area (Å²) in [6.45, 7) is 6.30. The number of aliphatic hydroxyl groups excluding tert-OH is 2. The van der Waals surface area contributed by atoms with Crippen molar-refractivity contribution in [2.45, 2.75) is 244 Å². The fraction of sp³-hybridized carbons (Fsp3) is 0.684. The van der Waals surface area contributed by atoms with Gasteiger partial charge in [0.15, 0.2) is 0 Å². The van der Waals surface area contributed by atoms with Crippen LogP contribution in [0.1, 0.15) is 226 Å². The molecule has 63 heavy (non-hydrogen) atoms. The molecule has 0 saturated carbocycles. The van der Waals surface area contributed by atoms with E-state index in [-0.39, 0.29) is 31.3 Å². The number of aliphatic hydroxyl groups is 2. The number of unbranched alkanes of at least 4 members (excludes halogenated alkanes) is 17. The first-order valence-electron chi connectivity index (χ1n) is 26.0. The summed E-state index contributed by atoms with van der Waals surface area (Å²) in [6, 6.07) is -0.726. The molecule has 3 unspecified atom stereocenters. The van der Waals surface area contributed by atoms with E-state index in [2.05, 4.69) is 117 Å². The zero-order valence-corrected chi connectivity index (χ0v) is 40.9. The monoisotopic (exact) mass is 876 g/mol. The average molecular weight is 876 g/mol. The molecule has 0 aromatic rings. The highest BCUT2D eigenvalue weighted by Gasteiger charge is 2.24. The summed E-state index contributed by atoms with van der Waals surface area (Å²) in [6.07, 6.45) is 66.2. The van der Waals surface area contributed by atoms with Crippen LogP contribution in [0.5, 0.6) is 0 Å². The molecule has 6 heteroatoms. The normalized spacial score (nSPS) is 14.0. The number of hydrogen-bond donors (Lipinski definition) is 3. The quantitative estimate of drug-likeness (QED) is 0.0322. The van der Waals surface area contributed by atoms with Gasteiger partial charge in [-0.15, -0.1) is 0 Å². The lowest BCUT2D eigenvalue weighted by molar-refractivity contribution is -0.150. The maximum Gasteiger partial charge on any atom is 0.306 e. The zero-order valence-electron chi connectivity index (χ0n) is 40.9. The lowest BCUT2D eigenvalue weighted by Gasteiger charge is -2.24. The molecule has 0 aliphatic carbocycles. The molecule has 0 spiro atoms. The minimum atomic E-state index is -0.808. The third-order valence-electron chi connectivity index (χ3n) is 11.2. The Bertz CT molecular complexity index is 1260. The third kappa shape index (κ3) is 45.2. The largest absolute Gasteiger partial charge is 0.462 e. The van der Waals surface area contributed by atoms with Crippen LogP contribution < -0.4 is 5.32 Å². The van der Waals surface area contributed by atoms with Gasteiger partial charge in [0, 0.05) is 6.42 Å². The van der Waals surface area contributed by atoms with Crippen molar-refractivity contribution in [1.82, 2.24) is 5.32 Å². The van der Waals surface area contributed by atoms with E-state index in [0.717, 1.165) is 103 Å². The van der Waals surface area contributed by atoms with Crippen molar-refractivity contribution >= 4 is 11.9 Å². The van der Waals surface area contributed by atoms with Crippen LogP contribution in [0.25, 0.3) is 0 Å². The molecular weight excluding hydrogens is 779 g/mol. The van der Waals surface area contributed by atoms with Gasteiger partial charge in [0.25, 0.3) is 0 Å². The van der Waals surface area contributed by atoms with E-state index < -0.39 is 18.2 Å². The minimum Gasteiger partial charge on any atom is -0.462 e. The van der Waals surface area contributed by atoms with Crippen LogP contribution in [0.3, 0.4) is 0 Å². The number of ether oxygens (including phenoxy) is 1. The molecule has 3 N–H and O–H groups in total. The predicted molar refractivity (Wildman–Crippen MR) is 273 cm³/mol. The molecule has 0 aromatic heterocycles. The zero-order chi connectivity index (χ0) is 45.9. The Morgan fingerprint density at radius 2 is 0.857 bits per heavy atom. The molecule has 3 atom stereocenters. The Morgan fingerprint density at radius 3 is 1.33 bits per heavy atom. The lowest BCUT2D eigenvalue weighted by Crippen LogP contribution is -2.46. The molecule has 360 valence electrons. The van der Waals surface area contributed by atoms with E-state index in [1.165, 1.54) is 70.6 Å². The van der Waals surface area contributed by atoms with Gasteiger partial charge < -0.3 is 20.3 Å². The summed E-state index contributed by atoms with van der Waals surface area (Å²) in [4.78, 5) is 26.1. The minimum absolute atomic E-state index is 0.0327. The van der Waals surface area contributed by atoms with Gasteiger partial charge in [-0.2, -0.15) is 0 Å². The van der Waals surface area contributed by atoms with E-state index in [9.17, 15) is 19.8 Å². The summed E-state index contributed by atoms with van der Waals surface area (Å²) in [5.41, 5.74) is 0. The summed E-state index contributed by atoms with van der Waals surface area (Å²) in [7, 11) is 0. The number of carbonyl (C=O) groups is 2. The number of amides is 1. The number of esters is 1. The Kier molecular flexibility index (Phi) is 47.2. The van der Waals surface area contributed by atoms with Gasteiger partial charge in [-0.25, -0.2) is 0 Å². The highest BCUT2D eigenvalue weighted by Crippen LogP contribution is 2.17. The van der Waals surface area contributed by atoms with Gasteiger partial charge in [-0.05, 0) is 96.3 Å². The first-order valence-corrected chi connectivity index (χ1v) is 26.0. The third-order valence-corrected chi connectivity index (χ3v) is 11.2. The fourth-order valence-corrected chi connectivity index (χ4v) is 7.25. The highest BCUT2D eigenvalue weighted by atomic mass is 16.5. The molecule has 0 radical (unpaired) electrons. The topological polar surface area (TPSA) is 95.9 Å². The van der Waals surface area contributed by atoms with E-state index in [1.807, 2.05) is 6.08 Å². The number of hydrogen-bond acceptors (Lipinski definition) is 5. The van der Waals surface area contributed by atoms with Crippen LogP contribution >= 0.6 is 0 Å². The Hall–Kier alpha value is -3.22. The molecule has 0 aliphatic heterocycles. The molecule has 0 heterocycles. The van der Waals surface area contributed by atoms with E-state index in [1.54, 1.807) is 0 Å². The van der Waals surface area contributed by atoms with Gasteiger partial charge in [-0.1, -0.05) is 214 Å². The first kappa shape index (κ1) is 59.8. The predicted octanol–water partition coefficient (Wildman–Crippen LogP) is 15.7. The fourth-order valence-electron chi connectivity index (χ4n) is 7.25. The number of nitrogens with one attached hydrogen (secondary N) is 1. The number of allylic oxidation sites excluding steroid dienone is 16. The van der Waals surface area contributed by atoms with E-state index >= 15 is 0 Å². The van der Waals surface area contributed by atoms with Crippen molar-refractivity contribution < 1.29 is 24.5 Å². The van der Waals surface area contributed by atoms with Crippen LogP contribution in [0, 0.1) is 0 Å². The van der Waals surface area contributed by atoms with Gasteiger partial charge in [0.1, 0.15) is 6.10 Å². The molecule has 0 aromatic carbocycles. The van der Waals surface area contributed by atoms with E-state index in [4.69, 9.17) is 4.74 Å². The van der Waals surface area contributed by atoms with Crippen molar-refractivity contribution in [3.05, 3.63) is 97.2 Å². The van der Waals surface area contributed by atoms with Gasteiger partial charge >= 0.3 is 5.97 Å². The van der Waals surface area contributed by atoms with Crippen LogP contribution in [0.4, 0.5) is 0 Å². The second-order valence-corrected chi connectivity index (χ2v) is 17.2. The summed E-state index contributed by atoms with van der Waals surface area (Å²) in [5.74, 6) is -0.594. The molecule has 0 bridgehead atoms. The van der Waals surface area contributed by atoms with E-state index in [0.29, 0.717) is 19.3 Å². The van der Waals surface area contributed by atoms with Crippen LogP contribution in [0.2, 0.25) is 0 Å². The molecule has 1 amide bonds. The Balaban J connectivity index is 4.74. The maximum absolute atomic E-state index is 13.2. The second-order valence-electron chi connectivity index (χ2n) is 17.2. The van der Waals surface area contributed by atoms with Crippen molar-refractivity contribution in [3.63, 3.8) is 0 Å². The molecule has 0 saturated heterocycles. The number of carbonyl (C=O) groups excluding carboxylic acids is 2. The molecule has 0 rings (SSSR count). The summed E-state index contributed by atoms with van der Waals surface area (Å²) in [5, 5.41) is 23.7. The lowest BCUT2D eigenvalue weighted by atomic mass is 10.0. The van der Waals surface area contributed by atoms with Crippen molar-refractivity contribution in [1.29, 1.82) is 0 Å². The van der Waals surface area contributed by atoms with Crippen molar-refractivity contribution in [2.75, 3.05) is 6.61 Å². The summed E-state index contributed by atoms with van der Waals surface area (Å²) < 4.78 is 5.89.